The fourth-order valence-electron chi connectivity index (χ4n) is 1.46. The van der Waals surface area contributed by atoms with Gasteiger partial charge in [-0.3, -0.25) is 4.98 Å². The molecule has 0 radical (unpaired) electrons. The summed E-state index contributed by atoms with van der Waals surface area (Å²) in [7, 11) is 0. The summed E-state index contributed by atoms with van der Waals surface area (Å²) in [6.07, 6.45) is -1.46. The molecule has 0 fully saturated rings. The minimum atomic E-state index is -2.68. The monoisotopic (exact) mass is 257 g/mol. The maximum absolute atomic E-state index is 13.7. The molecule has 2 rings (SSSR count). The third-order valence-electron chi connectivity index (χ3n) is 2.27. The summed E-state index contributed by atoms with van der Waals surface area (Å²) < 4.78 is 38.6. The number of hydrogen-bond acceptors (Lipinski definition) is 1. The lowest BCUT2D eigenvalue weighted by Gasteiger charge is -2.06. The molecule has 0 aliphatic heterocycles. The first-order valence-electron chi connectivity index (χ1n) is 4.78. The van der Waals surface area contributed by atoms with Crippen molar-refractivity contribution in [3.8, 4) is 11.1 Å². The maximum atomic E-state index is 13.7. The molecular weight excluding hydrogens is 251 g/mol. The second-order valence-electron chi connectivity index (χ2n) is 3.37. The van der Waals surface area contributed by atoms with E-state index in [9.17, 15) is 13.2 Å². The Morgan fingerprint density at radius 3 is 2.65 bits per heavy atom. The van der Waals surface area contributed by atoms with E-state index in [0.717, 1.165) is 6.07 Å². The Labute approximate surface area is 101 Å². The quantitative estimate of drug-likeness (QED) is 0.773. The van der Waals surface area contributed by atoms with Crippen LogP contribution in [0.4, 0.5) is 13.2 Å². The molecule has 0 aliphatic rings. The molecule has 1 aromatic carbocycles. The predicted octanol–water partition coefficient (Wildman–Crippen LogP) is 4.48. The summed E-state index contributed by atoms with van der Waals surface area (Å²) in [4.78, 5) is 3.51. The Balaban J connectivity index is 2.53. The van der Waals surface area contributed by atoms with Crippen molar-refractivity contribution < 1.29 is 13.2 Å². The van der Waals surface area contributed by atoms with E-state index in [1.165, 1.54) is 24.4 Å². The molecular formula is C12H7ClF3N. The standard InChI is InChI=1S/C12H7ClF3N/c13-9-3-1-2-8(11(9)14)7-4-5-17-10(6-7)12(15)16/h1-6,12H. The van der Waals surface area contributed by atoms with E-state index in [2.05, 4.69) is 4.98 Å². The smallest absolute Gasteiger partial charge is 0.255 e. The van der Waals surface area contributed by atoms with Crippen molar-refractivity contribution in [1.29, 1.82) is 0 Å². The van der Waals surface area contributed by atoms with E-state index in [-0.39, 0.29) is 16.3 Å². The first-order chi connectivity index (χ1) is 8.09. The van der Waals surface area contributed by atoms with Crippen molar-refractivity contribution in [1.82, 2.24) is 4.98 Å². The van der Waals surface area contributed by atoms with Crippen LogP contribution in [0.2, 0.25) is 5.02 Å². The number of alkyl halides is 2. The molecule has 0 amide bonds. The van der Waals surface area contributed by atoms with Gasteiger partial charge in [0.2, 0.25) is 0 Å². The van der Waals surface area contributed by atoms with E-state index < -0.39 is 12.2 Å². The highest BCUT2D eigenvalue weighted by atomic mass is 35.5. The van der Waals surface area contributed by atoms with Gasteiger partial charge in [0, 0.05) is 11.8 Å². The van der Waals surface area contributed by atoms with Crippen LogP contribution in [-0.4, -0.2) is 4.98 Å². The van der Waals surface area contributed by atoms with Crippen molar-refractivity contribution in [2.75, 3.05) is 0 Å². The SMILES string of the molecule is Fc1c(Cl)cccc1-c1ccnc(C(F)F)c1. The minimum Gasteiger partial charge on any atom is -0.255 e. The predicted molar refractivity (Wildman–Crippen MR) is 59.6 cm³/mol. The topological polar surface area (TPSA) is 12.9 Å². The molecule has 0 N–H and O–H groups in total. The van der Waals surface area contributed by atoms with Crippen LogP contribution in [0.25, 0.3) is 11.1 Å². The Kier molecular flexibility index (Phi) is 3.33. The van der Waals surface area contributed by atoms with Gasteiger partial charge in [-0.1, -0.05) is 23.7 Å². The molecule has 0 bridgehead atoms. The molecule has 5 heteroatoms. The zero-order chi connectivity index (χ0) is 12.4. The average molecular weight is 258 g/mol. The summed E-state index contributed by atoms with van der Waals surface area (Å²) in [6.45, 7) is 0. The fraction of sp³-hybridized carbons (Fsp3) is 0.0833. The third kappa shape index (κ3) is 2.42. The van der Waals surface area contributed by atoms with E-state index in [1.807, 2.05) is 0 Å². The van der Waals surface area contributed by atoms with Gasteiger partial charge >= 0.3 is 0 Å². The molecule has 0 saturated heterocycles. The number of halogens is 4. The second-order valence-corrected chi connectivity index (χ2v) is 3.78. The summed E-state index contributed by atoms with van der Waals surface area (Å²) in [5, 5.41) is -0.0436. The van der Waals surface area contributed by atoms with Gasteiger partial charge in [0.25, 0.3) is 6.43 Å². The summed E-state index contributed by atoms with van der Waals surface area (Å²) in [5.74, 6) is -0.624. The van der Waals surface area contributed by atoms with Crippen LogP contribution in [0.1, 0.15) is 12.1 Å². The highest BCUT2D eigenvalue weighted by Crippen LogP contribution is 2.29. The van der Waals surface area contributed by atoms with Crippen LogP contribution < -0.4 is 0 Å². The van der Waals surface area contributed by atoms with Crippen LogP contribution in [-0.2, 0) is 0 Å². The van der Waals surface area contributed by atoms with Crippen molar-refractivity contribution >= 4 is 11.6 Å². The van der Waals surface area contributed by atoms with Gasteiger partial charge in [-0.2, -0.15) is 0 Å². The summed E-state index contributed by atoms with van der Waals surface area (Å²) in [5.41, 5.74) is 0.124. The Morgan fingerprint density at radius 1 is 1.18 bits per heavy atom. The molecule has 0 unspecified atom stereocenters. The van der Waals surface area contributed by atoms with Crippen molar-refractivity contribution in [2.45, 2.75) is 6.43 Å². The van der Waals surface area contributed by atoms with E-state index in [4.69, 9.17) is 11.6 Å². The molecule has 0 saturated carbocycles. The van der Waals surface area contributed by atoms with Gasteiger partial charge in [-0.15, -0.1) is 0 Å². The lowest BCUT2D eigenvalue weighted by Crippen LogP contribution is -1.92. The fourth-order valence-corrected chi connectivity index (χ4v) is 1.64. The van der Waals surface area contributed by atoms with Crippen LogP contribution >= 0.6 is 11.6 Å². The van der Waals surface area contributed by atoms with Gasteiger partial charge in [0.05, 0.1) is 5.02 Å². The number of pyridine rings is 1. The summed E-state index contributed by atoms with van der Waals surface area (Å²) in [6, 6.07) is 7.05. The molecule has 1 heterocycles. The van der Waals surface area contributed by atoms with Gasteiger partial charge in [0.1, 0.15) is 11.5 Å². The number of rotatable bonds is 2. The highest BCUT2D eigenvalue weighted by molar-refractivity contribution is 6.31. The zero-order valence-electron chi connectivity index (χ0n) is 8.50. The van der Waals surface area contributed by atoms with Crippen LogP contribution in [0.5, 0.6) is 0 Å². The number of aromatic nitrogens is 1. The van der Waals surface area contributed by atoms with Gasteiger partial charge in [-0.05, 0) is 23.8 Å². The lowest BCUT2D eigenvalue weighted by atomic mass is 10.1. The Hall–Kier alpha value is -1.55. The van der Waals surface area contributed by atoms with Crippen LogP contribution in [0, 0.1) is 5.82 Å². The number of benzene rings is 1. The summed E-state index contributed by atoms with van der Waals surface area (Å²) >= 11 is 5.63. The number of hydrogen-bond donors (Lipinski definition) is 0. The zero-order valence-corrected chi connectivity index (χ0v) is 9.26. The van der Waals surface area contributed by atoms with Gasteiger partial charge in [0.15, 0.2) is 0 Å². The Morgan fingerprint density at radius 2 is 1.94 bits per heavy atom. The molecule has 1 aromatic heterocycles. The van der Waals surface area contributed by atoms with E-state index in [1.54, 1.807) is 6.07 Å². The maximum Gasteiger partial charge on any atom is 0.280 e. The number of nitrogens with zero attached hydrogens (tertiary/aromatic N) is 1. The molecule has 0 aliphatic carbocycles. The van der Waals surface area contributed by atoms with Crippen molar-refractivity contribution in [3.05, 3.63) is 53.1 Å². The normalized spacial score (nSPS) is 10.9. The van der Waals surface area contributed by atoms with Crippen molar-refractivity contribution in [2.24, 2.45) is 0 Å². The van der Waals surface area contributed by atoms with Gasteiger partial charge < -0.3 is 0 Å². The molecule has 1 nitrogen and oxygen atoms in total. The molecule has 2 aromatic rings. The van der Waals surface area contributed by atoms with Crippen molar-refractivity contribution in [3.63, 3.8) is 0 Å². The lowest BCUT2D eigenvalue weighted by molar-refractivity contribution is 0.146. The molecule has 0 spiro atoms. The molecule has 17 heavy (non-hydrogen) atoms. The van der Waals surface area contributed by atoms with Crippen LogP contribution in [0.15, 0.2) is 36.5 Å². The second kappa shape index (κ2) is 4.75. The molecule has 0 atom stereocenters. The largest absolute Gasteiger partial charge is 0.280 e. The molecule has 88 valence electrons. The average Bonchev–Trinajstić information content (AvgIpc) is 2.33. The minimum absolute atomic E-state index is 0.0436. The van der Waals surface area contributed by atoms with Crippen LogP contribution in [0.3, 0.4) is 0 Å². The Bertz CT molecular complexity index is 543. The first-order valence-corrected chi connectivity index (χ1v) is 5.16. The van der Waals surface area contributed by atoms with E-state index in [0.29, 0.717) is 5.56 Å². The first kappa shape index (κ1) is 11.9. The third-order valence-corrected chi connectivity index (χ3v) is 2.56. The van der Waals surface area contributed by atoms with Gasteiger partial charge in [-0.25, -0.2) is 13.2 Å². The van der Waals surface area contributed by atoms with E-state index >= 15 is 0 Å². The highest BCUT2D eigenvalue weighted by Gasteiger charge is 2.12.